The quantitative estimate of drug-likeness (QED) is 0.858. The Labute approximate surface area is 129 Å². The summed E-state index contributed by atoms with van der Waals surface area (Å²) in [6, 6.07) is 3.78. The van der Waals surface area contributed by atoms with Gasteiger partial charge in [0.1, 0.15) is 11.5 Å². The van der Waals surface area contributed by atoms with E-state index >= 15 is 0 Å². The lowest BCUT2D eigenvalue weighted by Crippen LogP contribution is -2.33. The van der Waals surface area contributed by atoms with E-state index in [1.165, 1.54) is 57.1 Å². The molecule has 3 rings (SSSR count). The molecular formula is C18H30N2O. The number of aryl methyl sites for hydroxylation is 1. The molecule has 1 aliphatic heterocycles. The minimum absolute atomic E-state index is 0.744. The van der Waals surface area contributed by atoms with Crippen LogP contribution in [-0.2, 0) is 13.1 Å². The minimum Gasteiger partial charge on any atom is -0.465 e. The first-order valence-corrected chi connectivity index (χ1v) is 8.82. The maximum atomic E-state index is 5.95. The third kappa shape index (κ3) is 4.10. The molecule has 0 bridgehead atoms. The van der Waals surface area contributed by atoms with E-state index in [-0.39, 0.29) is 0 Å². The summed E-state index contributed by atoms with van der Waals surface area (Å²) in [5, 5.41) is 3.54. The molecule has 0 radical (unpaired) electrons. The van der Waals surface area contributed by atoms with Gasteiger partial charge in [0.2, 0.25) is 0 Å². The minimum atomic E-state index is 0.744. The van der Waals surface area contributed by atoms with Crippen LogP contribution in [0.3, 0.4) is 0 Å². The van der Waals surface area contributed by atoms with E-state index in [0.717, 1.165) is 36.7 Å². The fourth-order valence-electron chi connectivity index (χ4n) is 3.49. The van der Waals surface area contributed by atoms with Gasteiger partial charge < -0.3 is 9.73 Å². The molecule has 2 fully saturated rings. The summed E-state index contributed by atoms with van der Waals surface area (Å²) in [5.41, 5.74) is 1.39. The van der Waals surface area contributed by atoms with Crippen LogP contribution in [0.15, 0.2) is 10.5 Å². The number of furan rings is 1. The molecule has 1 saturated carbocycles. The number of likely N-dealkylation sites (tertiary alicyclic amines) is 1. The van der Waals surface area contributed by atoms with Crippen molar-refractivity contribution in [2.75, 3.05) is 6.54 Å². The Morgan fingerprint density at radius 1 is 1.24 bits per heavy atom. The van der Waals surface area contributed by atoms with E-state index < -0.39 is 0 Å². The predicted molar refractivity (Wildman–Crippen MR) is 86.3 cm³/mol. The third-order valence-corrected chi connectivity index (χ3v) is 5.06. The van der Waals surface area contributed by atoms with Crippen LogP contribution in [-0.4, -0.2) is 23.5 Å². The van der Waals surface area contributed by atoms with Crippen LogP contribution in [0.25, 0.3) is 0 Å². The summed E-state index contributed by atoms with van der Waals surface area (Å²) >= 11 is 0. The Kier molecular flexibility index (Phi) is 5.02. The second kappa shape index (κ2) is 6.97. The molecule has 3 nitrogen and oxygen atoms in total. The molecule has 0 amide bonds. The molecule has 0 spiro atoms. The van der Waals surface area contributed by atoms with Crippen LogP contribution >= 0.6 is 0 Å². The SMILES string of the molecule is CCC1CCCCCN1Cc1cc(CNC2CC2)oc1C. The largest absolute Gasteiger partial charge is 0.465 e. The molecule has 118 valence electrons. The van der Waals surface area contributed by atoms with Crippen molar-refractivity contribution in [3.05, 3.63) is 23.2 Å². The molecule has 1 aromatic rings. The topological polar surface area (TPSA) is 28.4 Å². The molecule has 21 heavy (non-hydrogen) atoms. The van der Waals surface area contributed by atoms with E-state index in [1.54, 1.807) is 0 Å². The fourth-order valence-corrected chi connectivity index (χ4v) is 3.49. The van der Waals surface area contributed by atoms with Gasteiger partial charge in [0.15, 0.2) is 0 Å². The zero-order chi connectivity index (χ0) is 14.7. The molecule has 2 heterocycles. The Morgan fingerprint density at radius 3 is 2.86 bits per heavy atom. The maximum absolute atomic E-state index is 5.95. The van der Waals surface area contributed by atoms with Gasteiger partial charge in [-0.2, -0.15) is 0 Å². The molecule has 3 heteroatoms. The standard InChI is InChI=1S/C18H30N2O/c1-3-17-7-5-4-6-10-20(17)13-15-11-18(21-14(15)2)12-19-16-8-9-16/h11,16-17,19H,3-10,12-13H2,1-2H3. The Balaban J connectivity index is 1.61. The van der Waals surface area contributed by atoms with Crippen molar-refractivity contribution < 1.29 is 4.42 Å². The highest BCUT2D eigenvalue weighted by Gasteiger charge is 2.23. The summed E-state index contributed by atoms with van der Waals surface area (Å²) in [6.45, 7) is 7.66. The molecule has 1 atom stereocenters. The van der Waals surface area contributed by atoms with Gasteiger partial charge in [0.05, 0.1) is 6.54 Å². The molecule has 1 unspecified atom stereocenters. The van der Waals surface area contributed by atoms with Crippen molar-refractivity contribution in [3.8, 4) is 0 Å². The Bertz CT molecular complexity index is 450. The average Bonchev–Trinajstić information content (AvgIpc) is 3.26. The van der Waals surface area contributed by atoms with Crippen molar-refractivity contribution in [1.29, 1.82) is 0 Å². The maximum Gasteiger partial charge on any atom is 0.118 e. The number of rotatable bonds is 6. The van der Waals surface area contributed by atoms with Crippen LogP contribution in [0.4, 0.5) is 0 Å². The van der Waals surface area contributed by atoms with Crippen molar-refractivity contribution in [3.63, 3.8) is 0 Å². The van der Waals surface area contributed by atoms with Crippen molar-refractivity contribution in [2.24, 2.45) is 0 Å². The third-order valence-electron chi connectivity index (χ3n) is 5.06. The zero-order valence-corrected chi connectivity index (χ0v) is 13.7. The van der Waals surface area contributed by atoms with Gasteiger partial charge in [-0.15, -0.1) is 0 Å². The van der Waals surface area contributed by atoms with Gasteiger partial charge in [0.25, 0.3) is 0 Å². The van der Waals surface area contributed by atoms with Crippen molar-refractivity contribution in [2.45, 2.75) is 84.0 Å². The summed E-state index contributed by atoms with van der Waals surface area (Å²) < 4.78 is 5.95. The Hall–Kier alpha value is -0.800. The molecule has 1 aromatic heterocycles. The Morgan fingerprint density at radius 2 is 2.10 bits per heavy atom. The predicted octanol–water partition coefficient (Wildman–Crippen LogP) is 3.99. The lowest BCUT2D eigenvalue weighted by Gasteiger charge is -2.28. The van der Waals surface area contributed by atoms with Crippen LogP contribution in [0.1, 0.15) is 69.0 Å². The zero-order valence-electron chi connectivity index (χ0n) is 13.7. The normalized spacial score (nSPS) is 24.2. The summed E-state index contributed by atoms with van der Waals surface area (Å²) in [7, 11) is 0. The van der Waals surface area contributed by atoms with Gasteiger partial charge >= 0.3 is 0 Å². The highest BCUT2D eigenvalue weighted by molar-refractivity contribution is 5.21. The summed E-state index contributed by atoms with van der Waals surface area (Å²) in [4.78, 5) is 2.68. The van der Waals surface area contributed by atoms with Gasteiger partial charge in [-0.25, -0.2) is 0 Å². The second-order valence-corrected chi connectivity index (χ2v) is 6.83. The molecular weight excluding hydrogens is 260 g/mol. The molecule has 1 N–H and O–H groups in total. The summed E-state index contributed by atoms with van der Waals surface area (Å²) in [5.74, 6) is 2.22. The fraction of sp³-hybridized carbons (Fsp3) is 0.778. The van der Waals surface area contributed by atoms with Crippen LogP contribution < -0.4 is 5.32 Å². The first-order chi connectivity index (χ1) is 10.3. The number of nitrogens with one attached hydrogen (secondary N) is 1. The van der Waals surface area contributed by atoms with E-state index in [9.17, 15) is 0 Å². The van der Waals surface area contributed by atoms with Gasteiger partial charge in [0, 0.05) is 24.2 Å². The number of hydrogen-bond donors (Lipinski definition) is 1. The van der Waals surface area contributed by atoms with Gasteiger partial charge in [-0.1, -0.05) is 19.8 Å². The van der Waals surface area contributed by atoms with E-state index in [4.69, 9.17) is 4.42 Å². The van der Waals surface area contributed by atoms with Crippen LogP contribution in [0.2, 0.25) is 0 Å². The molecule has 1 saturated heterocycles. The van der Waals surface area contributed by atoms with Crippen molar-refractivity contribution >= 4 is 0 Å². The van der Waals surface area contributed by atoms with E-state index in [1.807, 2.05) is 0 Å². The van der Waals surface area contributed by atoms with Crippen LogP contribution in [0.5, 0.6) is 0 Å². The molecule has 2 aliphatic rings. The second-order valence-electron chi connectivity index (χ2n) is 6.83. The van der Waals surface area contributed by atoms with Crippen LogP contribution in [0, 0.1) is 6.92 Å². The smallest absolute Gasteiger partial charge is 0.118 e. The monoisotopic (exact) mass is 290 g/mol. The number of hydrogen-bond acceptors (Lipinski definition) is 3. The first-order valence-electron chi connectivity index (χ1n) is 8.82. The average molecular weight is 290 g/mol. The summed E-state index contributed by atoms with van der Waals surface area (Å²) in [6.07, 6.45) is 9.45. The van der Waals surface area contributed by atoms with Gasteiger partial charge in [-0.3, -0.25) is 4.90 Å². The number of nitrogens with zero attached hydrogens (tertiary/aromatic N) is 1. The first kappa shape index (κ1) is 15.1. The molecule has 1 aliphatic carbocycles. The van der Waals surface area contributed by atoms with Gasteiger partial charge in [-0.05, 0) is 51.6 Å². The molecule has 0 aromatic carbocycles. The lowest BCUT2D eigenvalue weighted by molar-refractivity contribution is 0.185. The lowest BCUT2D eigenvalue weighted by atomic mass is 10.1. The van der Waals surface area contributed by atoms with E-state index in [2.05, 4.69) is 30.1 Å². The highest BCUT2D eigenvalue weighted by Crippen LogP contribution is 2.25. The van der Waals surface area contributed by atoms with E-state index in [0.29, 0.717) is 0 Å². The van der Waals surface area contributed by atoms with Crippen molar-refractivity contribution in [1.82, 2.24) is 10.2 Å². The highest BCUT2D eigenvalue weighted by atomic mass is 16.3.